The third-order valence-corrected chi connectivity index (χ3v) is 2.49. The molecule has 2 rings (SSSR count). The number of benzene rings is 1. The van der Waals surface area contributed by atoms with E-state index in [1.165, 1.54) is 0 Å². The second-order valence-corrected chi connectivity index (χ2v) is 3.84. The molecule has 0 spiro atoms. The highest BCUT2D eigenvalue weighted by molar-refractivity contribution is 5.54. The Morgan fingerprint density at radius 2 is 1.82 bits per heavy atom. The summed E-state index contributed by atoms with van der Waals surface area (Å²) in [5, 5.41) is 14.7. The van der Waals surface area contributed by atoms with Crippen LogP contribution >= 0.6 is 0 Å². The lowest BCUT2D eigenvalue weighted by molar-refractivity contribution is -0.300. The zero-order valence-electron chi connectivity index (χ0n) is 9.31. The first kappa shape index (κ1) is 11.1. The molecule has 4 heteroatoms. The van der Waals surface area contributed by atoms with E-state index in [-0.39, 0.29) is 5.88 Å². The van der Waals surface area contributed by atoms with Crippen LogP contribution in [0.4, 0.5) is 11.4 Å². The van der Waals surface area contributed by atoms with Crippen molar-refractivity contribution >= 4 is 11.4 Å². The highest BCUT2D eigenvalue weighted by atomic mass is 16.3. The van der Waals surface area contributed by atoms with Gasteiger partial charge in [-0.2, -0.15) is 0 Å². The van der Waals surface area contributed by atoms with Crippen molar-refractivity contribution in [3.05, 3.63) is 59.6 Å². The zero-order chi connectivity index (χ0) is 12.3. The summed E-state index contributed by atoms with van der Waals surface area (Å²) in [6.45, 7) is 0. The molecule has 0 aromatic heterocycles. The van der Waals surface area contributed by atoms with Gasteiger partial charge < -0.3 is 21.9 Å². The number of nitrogens with one attached hydrogen (secondary N) is 1. The fourth-order valence-corrected chi connectivity index (χ4v) is 1.51. The van der Waals surface area contributed by atoms with Gasteiger partial charge in [-0.3, -0.25) is 0 Å². The van der Waals surface area contributed by atoms with Gasteiger partial charge in [-0.1, -0.05) is 12.2 Å². The van der Waals surface area contributed by atoms with E-state index in [1.54, 1.807) is 36.4 Å². The molecule has 4 nitrogen and oxygen atoms in total. The number of anilines is 2. The third kappa shape index (κ3) is 2.81. The number of nitrogens with two attached hydrogens (primary N) is 2. The maximum atomic E-state index is 11.9. The molecular weight excluding hydrogens is 214 g/mol. The second-order valence-electron chi connectivity index (χ2n) is 3.84. The van der Waals surface area contributed by atoms with Gasteiger partial charge in [-0.25, -0.2) is 0 Å². The lowest BCUT2D eigenvalue weighted by Gasteiger charge is -2.20. The van der Waals surface area contributed by atoms with Crippen molar-refractivity contribution in [1.82, 2.24) is 0 Å². The van der Waals surface area contributed by atoms with E-state index in [9.17, 15) is 5.11 Å². The van der Waals surface area contributed by atoms with Gasteiger partial charge in [0, 0.05) is 17.1 Å². The molecule has 0 fully saturated rings. The van der Waals surface area contributed by atoms with Crippen LogP contribution in [0, 0.1) is 0 Å². The molecule has 1 aromatic rings. The third-order valence-electron chi connectivity index (χ3n) is 2.49. The van der Waals surface area contributed by atoms with Gasteiger partial charge in [-0.15, -0.1) is 0 Å². The second kappa shape index (κ2) is 4.65. The number of allylic oxidation sites excluding steroid dienone is 4. The van der Waals surface area contributed by atoms with Crippen molar-refractivity contribution in [3.8, 4) is 0 Å². The van der Waals surface area contributed by atoms with Crippen LogP contribution in [0.3, 0.4) is 0 Å². The monoisotopic (exact) mass is 228 g/mol. The van der Waals surface area contributed by atoms with Crippen LogP contribution in [0.25, 0.3) is 0 Å². The Morgan fingerprint density at radius 1 is 1.12 bits per heavy atom. The summed E-state index contributed by atoms with van der Waals surface area (Å²) in [4.78, 5) is 0. The van der Waals surface area contributed by atoms with Crippen LogP contribution in [0.2, 0.25) is 0 Å². The van der Waals surface area contributed by atoms with E-state index in [1.807, 2.05) is 6.08 Å². The van der Waals surface area contributed by atoms with Gasteiger partial charge in [0.05, 0.1) is 0 Å². The highest BCUT2D eigenvalue weighted by Gasteiger charge is 2.00. The summed E-state index contributed by atoms with van der Waals surface area (Å²) in [5.41, 5.74) is 13.9. The Balaban J connectivity index is 2.11. The lowest BCUT2D eigenvalue weighted by Crippen LogP contribution is -2.17. The van der Waals surface area contributed by atoms with Crippen molar-refractivity contribution in [1.29, 1.82) is 0 Å². The van der Waals surface area contributed by atoms with Crippen LogP contribution < -0.4 is 21.9 Å². The highest BCUT2D eigenvalue weighted by Crippen LogP contribution is 2.17. The van der Waals surface area contributed by atoms with Crippen LogP contribution in [0.15, 0.2) is 59.6 Å². The van der Waals surface area contributed by atoms with E-state index < -0.39 is 0 Å². The molecule has 88 valence electrons. The number of hydrogen-bond donors (Lipinski definition) is 3. The molecule has 1 aliphatic carbocycles. The standard InChI is InChI=1S/C13H15N3O/c14-10-3-1-9(2-4-10)13(17)16-12-7-5-11(15)6-8-12/h1,3-8,16-17H,2,14-15H2/p-1/b13-9-. The first-order chi connectivity index (χ1) is 8.15. The minimum Gasteiger partial charge on any atom is -0.860 e. The molecule has 0 amide bonds. The Bertz CT molecular complexity index is 498. The molecule has 0 saturated heterocycles. The van der Waals surface area contributed by atoms with Gasteiger partial charge in [-0.05, 0) is 48.2 Å². The van der Waals surface area contributed by atoms with Crippen LogP contribution in [-0.4, -0.2) is 0 Å². The summed E-state index contributed by atoms with van der Waals surface area (Å²) < 4.78 is 0. The van der Waals surface area contributed by atoms with E-state index in [0.717, 1.165) is 5.69 Å². The molecule has 0 bridgehead atoms. The molecule has 1 aromatic carbocycles. The maximum absolute atomic E-state index is 11.9. The van der Waals surface area contributed by atoms with Crippen molar-refractivity contribution in [3.63, 3.8) is 0 Å². The Kier molecular flexibility index (Phi) is 3.05. The van der Waals surface area contributed by atoms with Crippen molar-refractivity contribution < 1.29 is 5.11 Å². The Hall–Kier alpha value is -2.36. The predicted octanol–water partition coefficient (Wildman–Crippen LogP) is 1.06. The smallest absolute Gasteiger partial charge is 0.0376 e. The topological polar surface area (TPSA) is 87.1 Å². The van der Waals surface area contributed by atoms with Crippen LogP contribution in [0.1, 0.15) is 6.42 Å². The Labute approximate surface area is 99.9 Å². The van der Waals surface area contributed by atoms with Crippen LogP contribution in [0.5, 0.6) is 0 Å². The fourth-order valence-electron chi connectivity index (χ4n) is 1.51. The van der Waals surface area contributed by atoms with Gasteiger partial charge in [0.2, 0.25) is 0 Å². The lowest BCUT2D eigenvalue weighted by atomic mass is 10.1. The van der Waals surface area contributed by atoms with Crippen LogP contribution in [-0.2, 0) is 0 Å². The van der Waals surface area contributed by atoms with E-state index in [2.05, 4.69) is 5.32 Å². The number of hydrogen-bond acceptors (Lipinski definition) is 4. The molecule has 0 aliphatic heterocycles. The predicted molar refractivity (Wildman–Crippen MR) is 67.5 cm³/mol. The number of rotatable bonds is 2. The summed E-state index contributed by atoms with van der Waals surface area (Å²) in [6, 6.07) is 7.03. The Morgan fingerprint density at radius 3 is 2.41 bits per heavy atom. The maximum Gasteiger partial charge on any atom is 0.0376 e. The first-order valence-electron chi connectivity index (χ1n) is 5.31. The summed E-state index contributed by atoms with van der Waals surface area (Å²) >= 11 is 0. The quantitative estimate of drug-likeness (QED) is 0.521. The van der Waals surface area contributed by atoms with E-state index in [0.29, 0.717) is 23.4 Å². The molecule has 0 saturated carbocycles. The van der Waals surface area contributed by atoms with Gasteiger partial charge in [0.1, 0.15) is 0 Å². The number of nitrogen functional groups attached to an aromatic ring is 1. The van der Waals surface area contributed by atoms with Crippen molar-refractivity contribution in [2.75, 3.05) is 11.1 Å². The van der Waals surface area contributed by atoms with E-state index >= 15 is 0 Å². The van der Waals surface area contributed by atoms with Gasteiger partial charge >= 0.3 is 0 Å². The minimum absolute atomic E-state index is 0.116. The largest absolute Gasteiger partial charge is 0.860 e. The van der Waals surface area contributed by atoms with Crippen molar-refractivity contribution in [2.45, 2.75) is 6.42 Å². The van der Waals surface area contributed by atoms with E-state index in [4.69, 9.17) is 11.5 Å². The summed E-state index contributed by atoms with van der Waals surface area (Å²) in [5.74, 6) is -0.116. The SMILES string of the molecule is NC1=CC/C(=C(\[O-])Nc2ccc(N)cc2)C=C1. The molecule has 0 atom stereocenters. The normalized spacial score (nSPS) is 17.5. The molecule has 5 N–H and O–H groups in total. The molecule has 1 aliphatic rings. The van der Waals surface area contributed by atoms with Gasteiger partial charge in [0.15, 0.2) is 0 Å². The zero-order valence-corrected chi connectivity index (χ0v) is 9.31. The van der Waals surface area contributed by atoms with Gasteiger partial charge in [0.25, 0.3) is 0 Å². The molecule has 17 heavy (non-hydrogen) atoms. The molecule has 0 unspecified atom stereocenters. The average molecular weight is 228 g/mol. The molecule has 0 radical (unpaired) electrons. The molecular formula is C13H14N3O-. The average Bonchev–Trinajstić information content (AvgIpc) is 2.33. The van der Waals surface area contributed by atoms with Crippen molar-refractivity contribution in [2.24, 2.45) is 5.73 Å². The first-order valence-corrected chi connectivity index (χ1v) is 5.31. The summed E-state index contributed by atoms with van der Waals surface area (Å²) in [7, 11) is 0. The molecule has 0 heterocycles. The fraction of sp³-hybridized carbons (Fsp3) is 0.0769. The minimum atomic E-state index is -0.116. The summed E-state index contributed by atoms with van der Waals surface area (Å²) in [6.07, 6.45) is 5.84.